The van der Waals surface area contributed by atoms with E-state index in [0.717, 1.165) is 30.4 Å². The van der Waals surface area contributed by atoms with E-state index < -0.39 is 0 Å². The van der Waals surface area contributed by atoms with Crippen molar-refractivity contribution in [3.63, 3.8) is 0 Å². The molecule has 0 amide bonds. The second-order valence-corrected chi connectivity index (χ2v) is 8.38. The van der Waals surface area contributed by atoms with Gasteiger partial charge in [0.15, 0.2) is 0 Å². The summed E-state index contributed by atoms with van der Waals surface area (Å²) < 4.78 is 2.37. The molecule has 0 bridgehead atoms. The molecule has 1 nitrogen and oxygen atoms in total. The fourth-order valence-corrected chi connectivity index (χ4v) is 4.13. The van der Waals surface area contributed by atoms with Gasteiger partial charge < -0.3 is 5.32 Å². The molecule has 1 unspecified atom stereocenters. The third-order valence-electron chi connectivity index (χ3n) is 3.24. The first-order valence-corrected chi connectivity index (χ1v) is 9.27. The van der Waals surface area contributed by atoms with Crippen LogP contribution < -0.4 is 5.32 Å². The van der Waals surface area contributed by atoms with E-state index >= 15 is 0 Å². The van der Waals surface area contributed by atoms with Crippen LogP contribution in [0.15, 0.2) is 44.7 Å². The lowest BCUT2D eigenvalue weighted by molar-refractivity contribution is 0.481. The lowest BCUT2D eigenvalue weighted by Gasteiger charge is -2.17. The predicted octanol–water partition coefficient (Wildman–Crippen LogP) is 5.28. The summed E-state index contributed by atoms with van der Waals surface area (Å²) in [6.45, 7) is 4.27. The van der Waals surface area contributed by atoms with Crippen LogP contribution in [0, 0.1) is 5.92 Å². The normalized spacial score (nSPS) is 12.6. The highest BCUT2D eigenvalue weighted by molar-refractivity contribution is 9.11. The Morgan fingerprint density at radius 2 is 1.80 bits per heavy atom. The van der Waals surface area contributed by atoms with Gasteiger partial charge in [0, 0.05) is 9.35 Å². The van der Waals surface area contributed by atoms with Crippen molar-refractivity contribution in [2.75, 3.05) is 13.1 Å². The SMILES string of the molecule is CCNCC(Cc1ccc(Br)cc1)Cc1ccc(Br)s1. The molecular formula is C16H19Br2NS. The zero-order valence-corrected chi connectivity index (χ0v) is 15.5. The number of thiophene rings is 1. The van der Waals surface area contributed by atoms with Gasteiger partial charge in [-0.15, -0.1) is 11.3 Å². The van der Waals surface area contributed by atoms with Crippen molar-refractivity contribution in [2.45, 2.75) is 19.8 Å². The molecule has 1 aromatic carbocycles. The highest BCUT2D eigenvalue weighted by Gasteiger charge is 2.12. The smallest absolute Gasteiger partial charge is 0.0701 e. The number of rotatable bonds is 7. The van der Waals surface area contributed by atoms with Crippen molar-refractivity contribution in [1.82, 2.24) is 5.32 Å². The van der Waals surface area contributed by atoms with Gasteiger partial charge in [0.1, 0.15) is 0 Å². The summed E-state index contributed by atoms with van der Waals surface area (Å²) >= 11 is 8.89. The zero-order chi connectivity index (χ0) is 14.4. The van der Waals surface area contributed by atoms with Gasteiger partial charge in [0.25, 0.3) is 0 Å². The Bertz CT molecular complexity index is 522. The van der Waals surface area contributed by atoms with Crippen LogP contribution >= 0.6 is 43.2 Å². The molecule has 1 N–H and O–H groups in total. The summed E-state index contributed by atoms with van der Waals surface area (Å²) in [5.74, 6) is 0.640. The van der Waals surface area contributed by atoms with Crippen LogP contribution in [-0.2, 0) is 12.8 Å². The van der Waals surface area contributed by atoms with Gasteiger partial charge in [-0.2, -0.15) is 0 Å². The molecule has 0 fully saturated rings. The fraction of sp³-hybridized carbons (Fsp3) is 0.375. The van der Waals surface area contributed by atoms with E-state index in [0.29, 0.717) is 5.92 Å². The van der Waals surface area contributed by atoms with Gasteiger partial charge in [0.05, 0.1) is 3.79 Å². The fourth-order valence-electron chi connectivity index (χ4n) is 2.26. The average Bonchev–Trinajstić information content (AvgIpc) is 2.84. The summed E-state index contributed by atoms with van der Waals surface area (Å²) in [6, 6.07) is 13.1. The van der Waals surface area contributed by atoms with Crippen molar-refractivity contribution in [3.8, 4) is 0 Å². The van der Waals surface area contributed by atoms with Gasteiger partial charge >= 0.3 is 0 Å². The minimum atomic E-state index is 0.640. The third kappa shape index (κ3) is 5.32. The number of halogens is 2. The van der Waals surface area contributed by atoms with E-state index in [9.17, 15) is 0 Å². The second kappa shape index (κ2) is 8.32. The highest BCUT2D eigenvalue weighted by Crippen LogP contribution is 2.25. The number of hydrogen-bond donors (Lipinski definition) is 1. The lowest BCUT2D eigenvalue weighted by Crippen LogP contribution is -2.25. The Balaban J connectivity index is 2.00. The zero-order valence-electron chi connectivity index (χ0n) is 11.5. The molecule has 1 atom stereocenters. The topological polar surface area (TPSA) is 12.0 Å². The maximum Gasteiger partial charge on any atom is 0.0701 e. The van der Waals surface area contributed by atoms with Crippen molar-refractivity contribution >= 4 is 43.2 Å². The third-order valence-corrected chi connectivity index (χ3v) is 5.41. The first kappa shape index (κ1) is 16.2. The number of nitrogens with one attached hydrogen (secondary N) is 1. The van der Waals surface area contributed by atoms with Crippen LogP contribution in [0.1, 0.15) is 17.4 Å². The Morgan fingerprint density at radius 3 is 2.40 bits per heavy atom. The maximum atomic E-state index is 3.55. The van der Waals surface area contributed by atoms with Gasteiger partial charge in [-0.1, -0.05) is 35.0 Å². The minimum Gasteiger partial charge on any atom is -0.317 e. The monoisotopic (exact) mass is 415 g/mol. The van der Waals surface area contributed by atoms with E-state index in [1.807, 2.05) is 11.3 Å². The average molecular weight is 417 g/mol. The first-order valence-electron chi connectivity index (χ1n) is 6.86. The van der Waals surface area contributed by atoms with Crippen LogP contribution in [0.25, 0.3) is 0 Å². The molecule has 0 spiro atoms. The van der Waals surface area contributed by atoms with Crippen molar-refractivity contribution in [2.24, 2.45) is 5.92 Å². The van der Waals surface area contributed by atoms with Gasteiger partial charge in [-0.25, -0.2) is 0 Å². The van der Waals surface area contributed by atoms with E-state index in [1.165, 1.54) is 14.2 Å². The van der Waals surface area contributed by atoms with E-state index in [2.05, 4.69) is 80.5 Å². The molecule has 0 saturated heterocycles. The minimum absolute atomic E-state index is 0.640. The van der Waals surface area contributed by atoms with Gasteiger partial charge in [-0.05, 0) is 77.6 Å². The molecule has 0 radical (unpaired) electrons. The largest absolute Gasteiger partial charge is 0.317 e. The van der Waals surface area contributed by atoms with Crippen LogP contribution in [0.3, 0.4) is 0 Å². The summed E-state index contributed by atoms with van der Waals surface area (Å²) in [4.78, 5) is 1.46. The summed E-state index contributed by atoms with van der Waals surface area (Å²) in [7, 11) is 0. The van der Waals surface area contributed by atoms with E-state index in [4.69, 9.17) is 0 Å². The molecule has 108 valence electrons. The standard InChI is InChI=1S/C16H19Br2NS/c1-2-19-11-13(10-15-7-8-16(18)20-15)9-12-3-5-14(17)6-4-12/h3-8,13,19H,2,9-11H2,1H3. The molecule has 0 aliphatic carbocycles. The Labute approximate surface area is 142 Å². The second-order valence-electron chi connectivity index (χ2n) is 4.91. The summed E-state index contributed by atoms with van der Waals surface area (Å²) in [5.41, 5.74) is 1.41. The first-order chi connectivity index (χ1) is 9.67. The quantitative estimate of drug-likeness (QED) is 0.646. The number of hydrogen-bond acceptors (Lipinski definition) is 2. The molecule has 1 heterocycles. The van der Waals surface area contributed by atoms with Gasteiger partial charge in [-0.3, -0.25) is 0 Å². The number of benzene rings is 1. The van der Waals surface area contributed by atoms with E-state index in [-0.39, 0.29) is 0 Å². The van der Waals surface area contributed by atoms with Gasteiger partial charge in [0.2, 0.25) is 0 Å². The van der Waals surface area contributed by atoms with Crippen molar-refractivity contribution < 1.29 is 0 Å². The molecule has 0 saturated carbocycles. The highest BCUT2D eigenvalue weighted by atomic mass is 79.9. The van der Waals surface area contributed by atoms with Crippen LogP contribution in [0.5, 0.6) is 0 Å². The Morgan fingerprint density at radius 1 is 1.05 bits per heavy atom. The van der Waals surface area contributed by atoms with E-state index in [1.54, 1.807) is 0 Å². The maximum absolute atomic E-state index is 3.55. The summed E-state index contributed by atoms with van der Waals surface area (Å²) in [5, 5.41) is 3.49. The van der Waals surface area contributed by atoms with Crippen molar-refractivity contribution in [3.05, 3.63) is 55.1 Å². The molecule has 0 aliphatic rings. The molecular weight excluding hydrogens is 398 g/mol. The Hall–Kier alpha value is -0.160. The Kier molecular flexibility index (Phi) is 6.75. The molecule has 4 heteroatoms. The van der Waals surface area contributed by atoms with Crippen LogP contribution in [0.4, 0.5) is 0 Å². The van der Waals surface area contributed by atoms with Crippen molar-refractivity contribution in [1.29, 1.82) is 0 Å². The lowest BCUT2D eigenvalue weighted by atomic mass is 9.95. The van der Waals surface area contributed by atoms with Crippen LogP contribution in [0.2, 0.25) is 0 Å². The molecule has 2 aromatic rings. The van der Waals surface area contributed by atoms with Crippen LogP contribution in [-0.4, -0.2) is 13.1 Å². The molecule has 20 heavy (non-hydrogen) atoms. The summed E-state index contributed by atoms with van der Waals surface area (Å²) in [6.07, 6.45) is 2.26. The molecule has 0 aliphatic heterocycles. The molecule has 2 rings (SSSR count). The predicted molar refractivity (Wildman–Crippen MR) is 95.6 cm³/mol. The molecule has 1 aromatic heterocycles.